The smallest absolute Gasteiger partial charge is 0.243 e. The summed E-state index contributed by atoms with van der Waals surface area (Å²) in [5.74, 6) is -2.54. The molecule has 2 fully saturated rings. The van der Waals surface area contributed by atoms with Crippen LogP contribution in [0.3, 0.4) is 0 Å². The fourth-order valence-corrected chi connectivity index (χ4v) is 5.03. The van der Waals surface area contributed by atoms with Gasteiger partial charge in [0.15, 0.2) is 11.6 Å². The Kier molecular flexibility index (Phi) is 4.55. The van der Waals surface area contributed by atoms with E-state index < -0.39 is 31.4 Å². The van der Waals surface area contributed by atoms with Gasteiger partial charge in [-0.05, 0) is 31.5 Å². The van der Waals surface area contributed by atoms with Crippen LogP contribution in [0.4, 0.5) is 8.78 Å². The van der Waals surface area contributed by atoms with E-state index in [1.807, 2.05) is 0 Å². The highest BCUT2D eigenvalue weighted by molar-refractivity contribution is 7.89. The molecule has 1 heterocycles. The summed E-state index contributed by atoms with van der Waals surface area (Å²) in [6.07, 6.45) is 0.356. The molecule has 1 amide bonds. The second-order valence-electron chi connectivity index (χ2n) is 6.49. The maximum absolute atomic E-state index is 13.3. The molecule has 0 aromatic heterocycles. The molecule has 25 heavy (non-hydrogen) atoms. The zero-order chi connectivity index (χ0) is 18.6. The summed E-state index contributed by atoms with van der Waals surface area (Å²) < 4.78 is 51.4. The van der Waals surface area contributed by atoms with Gasteiger partial charge in [-0.15, -0.1) is 23.2 Å². The van der Waals surface area contributed by atoms with E-state index in [9.17, 15) is 22.0 Å². The van der Waals surface area contributed by atoms with Gasteiger partial charge in [0.05, 0.1) is 10.3 Å². The van der Waals surface area contributed by atoms with E-state index in [1.165, 1.54) is 4.90 Å². The van der Waals surface area contributed by atoms with Gasteiger partial charge in [-0.2, -0.15) is 4.31 Å². The van der Waals surface area contributed by atoms with Crippen LogP contribution < -0.4 is 0 Å². The molecule has 1 aromatic carbocycles. The number of hydrogen-bond donors (Lipinski definition) is 0. The van der Waals surface area contributed by atoms with Crippen LogP contribution in [-0.4, -0.2) is 54.0 Å². The number of alkyl halides is 2. The van der Waals surface area contributed by atoms with Crippen LogP contribution in [0.1, 0.15) is 13.3 Å². The van der Waals surface area contributed by atoms with Crippen molar-refractivity contribution in [1.82, 2.24) is 9.21 Å². The molecule has 0 N–H and O–H groups in total. The summed E-state index contributed by atoms with van der Waals surface area (Å²) in [5, 5.41) is 0. The van der Waals surface area contributed by atoms with Gasteiger partial charge in [-0.3, -0.25) is 4.79 Å². The molecule has 0 bridgehead atoms. The maximum atomic E-state index is 13.3. The summed E-state index contributed by atoms with van der Waals surface area (Å²) >= 11 is 12.0. The minimum absolute atomic E-state index is 0.0563. The lowest BCUT2D eigenvalue weighted by Gasteiger charge is -2.35. The summed E-state index contributed by atoms with van der Waals surface area (Å²) in [6.45, 7) is 2.16. The van der Waals surface area contributed by atoms with Crippen LogP contribution in [0, 0.1) is 17.0 Å². The Morgan fingerprint density at radius 1 is 1.12 bits per heavy atom. The summed E-state index contributed by atoms with van der Waals surface area (Å²) in [4.78, 5) is 13.7. The van der Waals surface area contributed by atoms with Crippen molar-refractivity contribution in [2.75, 3.05) is 26.2 Å². The zero-order valence-corrected chi connectivity index (χ0v) is 15.6. The van der Waals surface area contributed by atoms with E-state index in [1.54, 1.807) is 6.92 Å². The summed E-state index contributed by atoms with van der Waals surface area (Å²) in [5.41, 5.74) is -0.850. The Hall–Kier alpha value is -0.960. The first-order valence-corrected chi connectivity index (χ1v) is 9.81. The van der Waals surface area contributed by atoms with Gasteiger partial charge >= 0.3 is 0 Å². The van der Waals surface area contributed by atoms with Gasteiger partial charge in [0.1, 0.15) is 4.33 Å². The number of nitrogens with zero attached hydrogens (tertiary/aromatic N) is 2. The van der Waals surface area contributed by atoms with Crippen molar-refractivity contribution >= 4 is 39.1 Å². The van der Waals surface area contributed by atoms with Crippen molar-refractivity contribution in [2.45, 2.75) is 22.6 Å². The molecule has 3 rings (SSSR count). The Labute approximate surface area is 154 Å². The second-order valence-corrected chi connectivity index (χ2v) is 9.91. The molecule has 1 saturated carbocycles. The van der Waals surface area contributed by atoms with Crippen LogP contribution in [0.25, 0.3) is 0 Å². The van der Waals surface area contributed by atoms with Crippen LogP contribution >= 0.6 is 23.2 Å². The molecule has 1 aliphatic heterocycles. The van der Waals surface area contributed by atoms with Crippen molar-refractivity contribution in [3.8, 4) is 0 Å². The molecular formula is C15H16Cl2F2N2O3S. The maximum Gasteiger partial charge on any atom is 0.243 e. The third kappa shape index (κ3) is 3.13. The number of rotatable bonds is 3. The van der Waals surface area contributed by atoms with E-state index in [4.69, 9.17) is 23.2 Å². The highest BCUT2D eigenvalue weighted by atomic mass is 35.5. The molecule has 0 spiro atoms. The normalized spacial score (nSPS) is 26.5. The van der Waals surface area contributed by atoms with Crippen molar-refractivity contribution in [3.63, 3.8) is 0 Å². The number of sulfonamides is 1. The Morgan fingerprint density at radius 2 is 1.68 bits per heavy atom. The first-order chi connectivity index (χ1) is 11.5. The largest absolute Gasteiger partial charge is 0.339 e. The molecule has 5 nitrogen and oxygen atoms in total. The van der Waals surface area contributed by atoms with Crippen LogP contribution in [0.5, 0.6) is 0 Å². The molecular weight excluding hydrogens is 397 g/mol. The predicted octanol–water partition coefficient (Wildman–Crippen LogP) is 2.38. The fraction of sp³-hybridized carbons (Fsp3) is 0.533. The SMILES string of the molecule is CC1(C(=O)N2CCN(S(=O)(=O)c3ccc(F)c(F)c3)CC2)CC1(Cl)Cl. The fourth-order valence-electron chi connectivity index (χ4n) is 2.90. The van der Waals surface area contributed by atoms with Crippen molar-refractivity contribution in [3.05, 3.63) is 29.8 Å². The van der Waals surface area contributed by atoms with E-state index in [-0.39, 0.29) is 37.0 Å². The molecule has 10 heteroatoms. The lowest BCUT2D eigenvalue weighted by atomic mass is 10.1. The van der Waals surface area contributed by atoms with Gasteiger partial charge in [-0.25, -0.2) is 17.2 Å². The first-order valence-electron chi connectivity index (χ1n) is 7.61. The van der Waals surface area contributed by atoms with Gasteiger partial charge < -0.3 is 4.90 Å². The average molecular weight is 413 g/mol. The Bertz CT molecular complexity index is 826. The first kappa shape index (κ1) is 18.8. The predicted molar refractivity (Wildman–Crippen MR) is 88.9 cm³/mol. The van der Waals surface area contributed by atoms with Gasteiger partial charge in [0.25, 0.3) is 0 Å². The van der Waals surface area contributed by atoms with Crippen molar-refractivity contribution < 1.29 is 22.0 Å². The third-order valence-electron chi connectivity index (χ3n) is 4.78. The van der Waals surface area contributed by atoms with Gasteiger partial charge in [-0.1, -0.05) is 0 Å². The van der Waals surface area contributed by atoms with Crippen molar-refractivity contribution in [2.24, 2.45) is 5.41 Å². The van der Waals surface area contributed by atoms with E-state index in [2.05, 4.69) is 0 Å². The van der Waals surface area contributed by atoms with E-state index >= 15 is 0 Å². The lowest BCUT2D eigenvalue weighted by Crippen LogP contribution is -2.52. The molecule has 1 aliphatic carbocycles. The number of piperazine rings is 1. The Morgan fingerprint density at radius 3 is 2.16 bits per heavy atom. The standard InChI is InChI=1S/C15H16Cl2F2N2O3S/c1-14(9-15(14,16)17)13(22)20-4-6-21(7-5-20)25(23,24)10-2-3-11(18)12(19)8-10/h2-3,8H,4-7,9H2,1H3. The highest BCUT2D eigenvalue weighted by Gasteiger charge is 2.68. The minimum Gasteiger partial charge on any atom is -0.339 e. The highest BCUT2D eigenvalue weighted by Crippen LogP contribution is 2.64. The van der Waals surface area contributed by atoms with Gasteiger partial charge in [0, 0.05) is 26.2 Å². The summed E-state index contributed by atoms with van der Waals surface area (Å²) in [7, 11) is -3.96. The number of carbonyl (C=O) groups is 1. The number of benzene rings is 1. The number of carbonyl (C=O) groups excluding carboxylic acids is 1. The number of halogens is 4. The molecule has 1 unspecified atom stereocenters. The summed E-state index contributed by atoms with van der Waals surface area (Å²) in [6, 6.07) is 2.45. The van der Waals surface area contributed by atoms with Gasteiger partial charge in [0.2, 0.25) is 15.9 Å². The molecule has 138 valence electrons. The van der Waals surface area contributed by atoms with Crippen LogP contribution in [0.2, 0.25) is 0 Å². The molecule has 1 aromatic rings. The quantitative estimate of drug-likeness (QED) is 0.716. The zero-order valence-electron chi connectivity index (χ0n) is 13.3. The lowest BCUT2D eigenvalue weighted by molar-refractivity contribution is -0.137. The molecule has 1 atom stereocenters. The molecule has 0 radical (unpaired) electrons. The van der Waals surface area contributed by atoms with Crippen LogP contribution in [-0.2, 0) is 14.8 Å². The van der Waals surface area contributed by atoms with Crippen molar-refractivity contribution in [1.29, 1.82) is 0 Å². The number of amides is 1. The second kappa shape index (κ2) is 6.04. The third-order valence-corrected chi connectivity index (χ3v) is 7.78. The van der Waals surface area contributed by atoms with E-state index in [0.29, 0.717) is 12.5 Å². The topological polar surface area (TPSA) is 57.7 Å². The molecule has 2 aliphatic rings. The molecule has 1 saturated heterocycles. The Balaban J connectivity index is 1.69. The monoisotopic (exact) mass is 412 g/mol. The van der Waals surface area contributed by atoms with E-state index in [0.717, 1.165) is 16.4 Å². The average Bonchev–Trinajstić information content (AvgIpc) is 3.08. The number of hydrogen-bond acceptors (Lipinski definition) is 3. The minimum atomic E-state index is -3.96. The van der Waals surface area contributed by atoms with Crippen LogP contribution in [0.15, 0.2) is 23.1 Å².